The van der Waals surface area contributed by atoms with E-state index >= 15 is 0 Å². The number of amides is 1. The van der Waals surface area contributed by atoms with Gasteiger partial charge in [0.15, 0.2) is 6.61 Å². The average Bonchev–Trinajstić information content (AvgIpc) is 2.60. The Labute approximate surface area is 148 Å². The van der Waals surface area contributed by atoms with Gasteiger partial charge in [0.1, 0.15) is 5.75 Å². The van der Waals surface area contributed by atoms with E-state index in [0.29, 0.717) is 29.5 Å². The highest BCUT2D eigenvalue weighted by molar-refractivity contribution is 5.95. The van der Waals surface area contributed by atoms with Crippen LogP contribution in [0.5, 0.6) is 5.75 Å². The van der Waals surface area contributed by atoms with Crippen LogP contribution in [0.2, 0.25) is 0 Å². The van der Waals surface area contributed by atoms with E-state index in [1.807, 2.05) is 24.3 Å². The van der Waals surface area contributed by atoms with E-state index in [-0.39, 0.29) is 12.5 Å². The molecule has 0 aliphatic carbocycles. The highest BCUT2D eigenvalue weighted by Gasteiger charge is 2.09. The lowest BCUT2D eigenvalue weighted by atomic mass is 10.0. The van der Waals surface area contributed by atoms with Gasteiger partial charge >= 0.3 is 5.97 Å². The lowest BCUT2D eigenvalue weighted by Crippen LogP contribution is -2.20. The first kappa shape index (κ1) is 18.5. The second kappa shape index (κ2) is 8.87. The third-order valence-corrected chi connectivity index (χ3v) is 3.55. The quantitative estimate of drug-likeness (QED) is 0.773. The van der Waals surface area contributed by atoms with Crippen molar-refractivity contribution in [3.8, 4) is 5.75 Å². The van der Waals surface area contributed by atoms with E-state index in [2.05, 4.69) is 19.2 Å². The Morgan fingerprint density at radius 3 is 2.56 bits per heavy atom. The van der Waals surface area contributed by atoms with E-state index in [0.717, 1.165) is 5.56 Å². The van der Waals surface area contributed by atoms with Crippen LogP contribution in [0.4, 0.5) is 5.69 Å². The van der Waals surface area contributed by atoms with Crippen LogP contribution in [-0.4, -0.2) is 25.1 Å². The van der Waals surface area contributed by atoms with E-state index in [4.69, 9.17) is 9.47 Å². The van der Waals surface area contributed by atoms with Gasteiger partial charge in [-0.15, -0.1) is 0 Å². The van der Waals surface area contributed by atoms with Gasteiger partial charge < -0.3 is 14.8 Å². The molecule has 2 aromatic rings. The maximum atomic E-state index is 12.1. The molecule has 0 unspecified atom stereocenters. The molecule has 0 aromatic heterocycles. The molecule has 0 atom stereocenters. The van der Waals surface area contributed by atoms with Gasteiger partial charge in [0, 0.05) is 5.69 Å². The molecule has 5 heteroatoms. The van der Waals surface area contributed by atoms with Crippen LogP contribution >= 0.6 is 0 Å². The Morgan fingerprint density at radius 2 is 1.84 bits per heavy atom. The monoisotopic (exact) mass is 341 g/mol. The van der Waals surface area contributed by atoms with E-state index < -0.39 is 5.97 Å². The second-order valence-electron chi connectivity index (χ2n) is 5.87. The van der Waals surface area contributed by atoms with Crippen LogP contribution in [0.15, 0.2) is 48.5 Å². The number of hydrogen-bond acceptors (Lipinski definition) is 4. The maximum Gasteiger partial charge on any atom is 0.338 e. The second-order valence-corrected chi connectivity index (χ2v) is 5.87. The zero-order valence-corrected chi connectivity index (χ0v) is 14.7. The first-order chi connectivity index (χ1) is 12.0. The van der Waals surface area contributed by atoms with Crippen molar-refractivity contribution in [2.75, 3.05) is 18.5 Å². The third-order valence-electron chi connectivity index (χ3n) is 3.55. The molecule has 0 saturated heterocycles. The lowest BCUT2D eigenvalue weighted by molar-refractivity contribution is -0.118. The Hall–Kier alpha value is -2.82. The fourth-order valence-electron chi connectivity index (χ4n) is 2.25. The number of hydrogen-bond donors (Lipinski definition) is 1. The van der Waals surface area contributed by atoms with E-state index in [1.54, 1.807) is 31.2 Å². The zero-order chi connectivity index (χ0) is 18.2. The fraction of sp³-hybridized carbons (Fsp3) is 0.300. The van der Waals surface area contributed by atoms with Crippen molar-refractivity contribution in [3.63, 3.8) is 0 Å². The van der Waals surface area contributed by atoms with Crippen molar-refractivity contribution in [1.82, 2.24) is 0 Å². The van der Waals surface area contributed by atoms with Crippen LogP contribution in [0.3, 0.4) is 0 Å². The smallest absolute Gasteiger partial charge is 0.338 e. The normalized spacial score (nSPS) is 10.4. The summed E-state index contributed by atoms with van der Waals surface area (Å²) in [6.45, 7) is 6.14. The van der Waals surface area contributed by atoms with Gasteiger partial charge in [0.05, 0.1) is 12.2 Å². The molecule has 0 aliphatic heterocycles. The van der Waals surface area contributed by atoms with Crippen LogP contribution in [0.1, 0.15) is 42.6 Å². The van der Waals surface area contributed by atoms with Crippen LogP contribution in [0, 0.1) is 0 Å². The molecular weight excluding hydrogens is 318 g/mol. The van der Waals surface area contributed by atoms with Crippen molar-refractivity contribution >= 4 is 17.6 Å². The van der Waals surface area contributed by atoms with Gasteiger partial charge in [-0.2, -0.15) is 0 Å². The van der Waals surface area contributed by atoms with Crippen LogP contribution in [0.25, 0.3) is 0 Å². The molecule has 0 heterocycles. The summed E-state index contributed by atoms with van der Waals surface area (Å²) in [5.74, 6) is 0.334. The topological polar surface area (TPSA) is 64.6 Å². The zero-order valence-electron chi connectivity index (χ0n) is 14.7. The minimum absolute atomic E-state index is 0.106. The van der Waals surface area contributed by atoms with Gasteiger partial charge in [0.2, 0.25) is 0 Å². The maximum absolute atomic E-state index is 12.1. The van der Waals surface area contributed by atoms with Crippen molar-refractivity contribution in [2.24, 2.45) is 0 Å². The Balaban J connectivity index is 1.93. The van der Waals surface area contributed by atoms with Gasteiger partial charge in [0.25, 0.3) is 5.91 Å². The van der Waals surface area contributed by atoms with Gasteiger partial charge in [-0.3, -0.25) is 4.79 Å². The summed E-state index contributed by atoms with van der Waals surface area (Å²) < 4.78 is 10.5. The molecule has 132 valence electrons. The van der Waals surface area contributed by atoms with Crippen LogP contribution in [-0.2, 0) is 9.53 Å². The number of rotatable bonds is 7. The summed E-state index contributed by atoms with van der Waals surface area (Å²) in [4.78, 5) is 23.8. The number of esters is 1. The first-order valence-corrected chi connectivity index (χ1v) is 8.29. The number of nitrogens with one attached hydrogen (secondary N) is 1. The van der Waals surface area contributed by atoms with Gasteiger partial charge in [-0.05, 0) is 48.7 Å². The molecule has 2 aromatic carbocycles. The number of carbonyl (C=O) groups is 2. The molecule has 0 radical (unpaired) electrons. The summed E-state index contributed by atoms with van der Waals surface area (Å²) in [6.07, 6.45) is 0. The first-order valence-electron chi connectivity index (χ1n) is 8.29. The van der Waals surface area contributed by atoms with Crippen molar-refractivity contribution in [2.45, 2.75) is 26.7 Å². The van der Waals surface area contributed by atoms with Gasteiger partial charge in [-0.1, -0.05) is 32.0 Å². The summed E-state index contributed by atoms with van der Waals surface area (Å²) in [6, 6.07) is 14.3. The van der Waals surface area contributed by atoms with Crippen molar-refractivity contribution in [1.29, 1.82) is 0 Å². The Kier molecular flexibility index (Phi) is 6.57. The summed E-state index contributed by atoms with van der Waals surface area (Å²) >= 11 is 0. The van der Waals surface area contributed by atoms with Crippen LogP contribution < -0.4 is 10.1 Å². The van der Waals surface area contributed by atoms with Crippen molar-refractivity contribution in [3.05, 3.63) is 59.7 Å². The molecule has 1 amide bonds. The molecule has 25 heavy (non-hydrogen) atoms. The number of benzene rings is 2. The summed E-state index contributed by atoms with van der Waals surface area (Å²) in [5, 5.41) is 2.72. The minimum Gasteiger partial charge on any atom is -0.484 e. The molecule has 5 nitrogen and oxygen atoms in total. The minimum atomic E-state index is -0.416. The molecular formula is C20H23NO4. The largest absolute Gasteiger partial charge is 0.484 e. The van der Waals surface area contributed by atoms with E-state index in [1.165, 1.54) is 0 Å². The average molecular weight is 341 g/mol. The lowest BCUT2D eigenvalue weighted by Gasteiger charge is -2.11. The molecule has 0 spiro atoms. The molecule has 0 saturated carbocycles. The summed E-state index contributed by atoms with van der Waals surface area (Å²) in [7, 11) is 0. The molecule has 0 aliphatic rings. The predicted molar refractivity (Wildman–Crippen MR) is 97.1 cm³/mol. The molecule has 2 rings (SSSR count). The van der Waals surface area contributed by atoms with E-state index in [9.17, 15) is 9.59 Å². The molecule has 0 fully saturated rings. The highest BCUT2D eigenvalue weighted by Crippen LogP contribution is 2.20. The number of carbonyl (C=O) groups excluding carboxylic acids is 2. The SMILES string of the molecule is CCOC(=O)c1cccc(NC(=O)COc2cccc(C(C)C)c2)c1. The molecule has 0 bridgehead atoms. The Morgan fingerprint density at radius 1 is 1.08 bits per heavy atom. The third kappa shape index (κ3) is 5.64. The summed E-state index contributed by atoms with van der Waals surface area (Å²) in [5.41, 5.74) is 2.07. The Bertz CT molecular complexity index is 740. The standard InChI is InChI=1S/C20H23NO4/c1-4-24-20(23)16-8-5-9-17(11-16)21-19(22)13-25-18-10-6-7-15(12-18)14(2)3/h5-12,14H,4,13H2,1-3H3,(H,21,22). The fourth-order valence-corrected chi connectivity index (χ4v) is 2.25. The molecule has 1 N–H and O–H groups in total. The number of anilines is 1. The number of ether oxygens (including phenoxy) is 2. The van der Waals surface area contributed by atoms with Gasteiger partial charge in [-0.25, -0.2) is 4.79 Å². The highest BCUT2D eigenvalue weighted by atomic mass is 16.5. The van der Waals surface area contributed by atoms with Crippen molar-refractivity contribution < 1.29 is 19.1 Å². The predicted octanol–water partition coefficient (Wildman–Crippen LogP) is 4.00.